The number of nitrogens with one attached hydrogen (secondary N) is 2. The van der Waals surface area contributed by atoms with E-state index in [0.717, 1.165) is 0 Å². The maximum Gasteiger partial charge on any atom is 0.340 e. The second kappa shape index (κ2) is 12.1. The van der Waals surface area contributed by atoms with E-state index in [9.17, 15) is 14.4 Å². The van der Waals surface area contributed by atoms with Crippen LogP contribution in [-0.4, -0.2) is 46.5 Å². The number of esters is 1. The van der Waals surface area contributed by atoms with E-state index in [1.165, 1.54) is 18.7 Å². The summed E-state index contributed by atoms with van der Waals surface area (Å²) in [6.45, 7) is 5.38. The van der Waals surface area contributed by atoms with Gasteiger partial charge >= 0.3 is 5.97 Å². The highest BCUT2D eigenvalue weighted by Crippen LogP contribution is 2.25. The van der Waals surface area contributed by atoms with Crippen LogP contribution in [0.3, 0.4) is 0 Å². The van der Waals surface area contributed by atoms with Crippen molar-refractivity contribution in [3.63, 3.8) is 0 Å². The van der Waals surface area contributed by atoms with Crippen molar-refractivity contribution in [1.82, 2.24) is 9.78 Å². The lowest BCUT2D eigenvalue weighted by atomic mass is 10.2. The molecule has 2 amide bonds. The number of aromatic nitrogens is 2. The first-order valence-corrected chi connectivity index (χ1v) is 12.0. The normalized spacial score (nSPS) is 11.6. The average Bonchev–Trinajstić information content (AvgIpc) is 3.31. The van der Waals surface area contributed by atoms with Crippen LogP contribution in [0.25, 0.3) is 0 Å². The van der Waals surface area contributed by atoms with Crippen molar-refractivity contribution in [3.8, 4) is 5.75 Å². The molecule has 0 aliphatic heterocycles. The molecule has 0 aliphatic carbocycles. The molecule has 0 radical (unpaired) electrons. The molecule has 0 saturated heterocycles. The maximum absolute atomic E-state index is 12.8. The summed E-state index contributed by atoms with van der Waals surface area (Å²) in [6, 6.07) is 15.6. The Morgan fingerprint density at radius 3 is 2.54 bits per heavy atom. The average molecular weight is 497 g/mol. The van der Waals surface area contributed by atoms with Crippen molar-refractivity contribution in [3.05, 3.63) is 66.4 Å². The second-order valence-corrected chi connectivity index (χ2v) is 8.87. The van der Waals surface area contributed by atoms with Crippen LogP contribution in [0.1, 0.15) is 37.2 Å². The van der Waals surface area contributed by atoms with Crippen molar-refractivity contribution in [2.75, 3.05) is 23.5 Å². The highest BCUT2D eigenvalue weighted by atomic mass is 32.2. The van der Waals surface area contributed by atoms with E-state index >= 15 is 0 Å². The first-order valence-electron chi connectivity index (χ1n) is 11.0. The Labute approximate surface area is 208 Å². The number of carbonyl (C=O) groups excluding carboxylic acids is 3. The number of amides is 2. The molecule has 1 atom stereocenters. The Morgan fingerprint density at radius 2 is 1.80 bits per heavy atom. The van der Waals surface area contributed by atoms with Gasteiger partial charge in [0, 0.05) is 28.8 Å². The van der Waals surface area contributed by atoms with Gasteiger partial charge in [-0.3, -0.25) is 9.59 Å². The second-order valence-electron chi connectivity index (χ2n) is 7.86. The Hall–Kier alpha value is -3.79. The smallest absolute Gasteiger partial charge is 0.340 e. The van der Waals surface area contributed by atoms with Gasteiger partial charge in [-0.2, -0.15) is 5.10 Å². The van der Waals surface area contributed by atoms with E-state index < -0.39 is 18.0 Å². The lowest BCUT2D eigenvalue weighted by Gasteiger charge is -2.16. The number of rotatable bonds is 10. The van der Waals surface area contributed by atoms with Gasteiger partial charge in [0.15, 0.2) is 6.10 Å². The molecule has 0 aliphatic rings. The van der Waals surface area contributed by atoms with Crippen molar-refractivity contribution in [1.29, 1.82) is 0 Å². The summed E-state index contributed by atoms with van der Waals surface area (Å²) in [5, 5.41) is 9.70. The standard InChI is InChI=1S/C25H28N4O5S/c1-16(2)29-22(12-13-26-29)28-24(31)17(3)34-25(32)20-10-5-6-11-21(20)35-15-23(30)27-18-8-7-9-19(14-18)33-4/h5-14,16-17H,15H2,1-4H3,(H,27,30)(H,28,31)/t17-/m0/s1. The van der Waals surface area contributed by atoms with Crippen LogP contribution >= 0.6 is 11.8 Å². The van der Waals surface area contributed by atoms with Crippen molar-refractivity contribution in [2.24, 2.45) is 0 Å². The fourth-order valence-electron chi connectivity index (χ4n) is 3.13. The molecular formula is C25H28N4O5S. The number of anilines is 2. The highest BCUT2D eigenvalue weighted by molar-refractivity contribution is 8.00. The minimum atomic E-state index is -1.03. The minimum Gasteiger partial charge on any atom is -0.497 e. The monoisotopic (exact) mass is 496 g/mol. The number of carbonyl (C=O) groups is 3. The van der Waals surface area contributed by atoms with E-state index in [1.54, 1.807) is 72.6 Å². The van der Waals surface area contributed by atoms with Crippen LogP contribution in [-0.2, 0) is 14.3 Å². The van der Waals surface area contributed by atoms with Crippen LogP contribution < -0.4 is 15.4 Å². The van der Waals surface area contributed by atoms with Gasteiger partial charge in [0.05, 0.1) is 24.6 Å². The molecule has 35 heavy (non-hydrogen) atoms. The molecule has 9 nitrogen and oxygen atoms in total. The minimum absolute atomic E-state index is 0.0585. The van der Waals surface area contributed by atoms with Gasteiger partial charge in [-0.15, -0.1) is 11.8 Å². The molecule has 2 aromatic carbocycles. The lowest BCUT2D eigenvalue weighted by Crippen LogP contribution is -2.31. The molecule has 0 bridgehead atoms. The fraction of sp³-hybridized carbons (Fsp3) is 0.280. The van der Waals surface area contributed by atoms with Crippen LogP contribution in [0, 0.1) is 0 Å². The van der Waals surface area contributed by atoms with Gasteiger partial charge in [0.1, 0.15) is 11.6 Å². The number of ether oxygens (including phenoxy) is 2. The number of benzene rings is 2. The van der Waals surface area contributed by atoms with E-state index in [0.29, 0.717) is 22.2 Å². The van der Waals surface area contributed by atoms with E-state index in [4.69, 9.17) is 9.47 Å². The molecule has 2 N–H and O–H groups in total. The quantitative estimate of drug-likeness (QED) is 0.316. The number of thioether (sulfide) groups is 1. The summed E-state index contributed by atoms with van der Waals surface area (Å²) in [5.74, 6) is -0.122. The lowest BCUT2D eigenvalue weighted by molar-refractivity contribution is -0.123. The third-order valence-corrected chi connectivity index (χ3v) is 5.96. The maximum atomic E-state index is 12.8. The van der Waals surface area contributed by atoms with Crippen LogP contribution in [0.5, 0.6) is 5.75 Å². The van der Waals surface area contributed by atoms with Crippen molar-refractivity contribution in [2.45, 2.75) is 37.8 Å². The van der Waals surface area contributed by atoms with Gasteiger partial charge in [-0.25, -0.2) is 9.48 Å². The molecule has 0 fully saturated rings. The highest BCUT2D eigenvalue weighted by Gasteiger charge is 2.22. The first-order chi connectivity index (χ1) is 16.8. The Morgan fingerprint density at radius 1 is 1.03 bits per heavy atom. The van der Waals surface area contributed by atoms with E-state index in [-0.39, 0.29) is 23.3 Å². The fourth-order valence-corrected chi connectivity index (χ4v) is 3.97. The molecular weight excluding hydrogens is 468 g/mol. The molecule has 184 valence electrons. The van der Waals surface area contributed by atoms with Gasteiger partial charge in [0.2, 0.25) is 5.91 Å². The van der Waals surface area contributed by atoms with Crippen LogP contribution in [0.2, 0.25) is 0 Å². The number of hydrogen-bond acceptors (Lipinski definition) is 7. The van der Waals surface area contributed by atoms with Crippen LogP contribution in [0.4, 0.5) is 11.5 Å². The Balaban J connectivity index is 1.59. The number of methoxy groups -OCH3 is 1. The molecule has 1 aromatic heterocycles. The summed E-state index contributed by atoms with van der Waals surface area (Å²) in [4.78, 5) is 38.4. The number of hydrogen-bond donors (Lipinski definition) is 2. The molecule has 3 aromatic rings. The van der Waals surface area contributed by atoms with Crippen molar-refractivity contribution < 1.29 is 23.9 Å². The molecule has 1 heterocycles. The summed E-state index contributed by atoms with van der Waals surface area (Å²) >= 11 is 1.20. The SMILES string of the molecule is COc1cccc(NC(=O)CSc2ccccc2C(=O)O[C@@H](C)C(=O)Nc2ccnn2C(C)C)c1. The van der Waals surface area contributed by atoms with E-state index in [1.807, 2.05) is 13.8 Å². The van der Waals surface area contributed by atoms with Gasteiger partial charge in [-0.1, -0.05) is 18.2 Å². The number of nitrogens with zero attached hydrogens (tertiary/aromatic N) is 2. The van der Waals surface area contributed by atoms with Gasteiger partial charge < -0.3 is 20.1 Å². The summed E-state index contributed by atoms with van der Waals surface area (Å²) < 4.78 is 12.2. The van der Waals surface area contributed by atoms with Gasteiger partial charge in [-0.05, 0) is 45.0 Å². The zero-order valence-electron chi connectivity index (χ0n) is 20.0. The summed E-state index contributed by atoms with van der Waals surface area (Å²) in [6.07, 6.45) is 0.553. The third kappa shape index (κ3) is 7.10. The molecule has 3 rings (SSSR count). The Bertz CT molecular complexity index is 1190. The summed E-state index contributed by atoms with van der Waals surface area (Å²) in [5.41, 5.74) is 0.889. The zero-order valence-corrected chi connectivity index (χ0v) is 20.8. The van der Waals surface area contributed by atoms with E-state index in [2.05, 4.69) is 15.7 Å². The van der Waals surface area contributed by atoms with Crippen LogP contribution in [0.15, 0.2) is 65.7 Å². The summed E-state index contributed by atoms with van der Waals surface area (Å²) in [7, 11) is 1.55. The predicted octanol–water partition coefficient (Wildman–Crippen LogP) is 4.39. The topological polar surface area (TPSA) is 112 Å². The Kier molecular flexibility index (Phi) is 8.91. The predicted molar refractivity (Wildman–Crippen MR) is 135 cm³/mol. The van der Waals surface area contributed by atoms with Crippen molar-refractivity contribution >= 4 is 41.1 Å². The first kappa shape index (κ1) is 25.8. The molecule has 10 heteroatoms. The largest absolute Gasteiger partial charge is 0.497 e. The molecule has 0 spiro atoms. The zero-order chi connectivity index (χ0) is 25.4. The molecule has 0 saturated carbocycles. The van der Waals surface area contributed by atoms with Gasteiger partial charge in [0.25, 0.3) is 5.91 Å². The third-order valence-electron chi connectivity index (χ3n) is 4.88. The molecule has 0 unspecified atom stereocenters.